The number of fused-ring (bicyclic) bond motifs is 1. The minimum absolute atomic E-state index is 0.178. The van der Waals surface area contributed by atoms with Crippen LogP contribution in [0.25, 0.3) is 22.4 Å². The van der Waals surface area contributed by atoms with Gasteiger partial charge in [0, 0.05) is 5.39 Å². The largest absolute Gasteiger partial charge is 0.463 e. The molecule has 2 heterocycles. The lowest BCUT2D eigenvalue weighted by atomic mass is 10.1. The van der Waals surface area contributed by atoms with Crippen molar-refractivity contribution in [3.05, 3.63) is 84.1 Å². The maximum atomic E-state index is 13.6. The molecule has 0 aliphatic rings. The zero-order valence-corrected chi connectivity index (χ0v) is 15.4. The summed E-state index contributed by atoms with van der Waals surface area (Å²) in [5, 5.41) is 2.59. The van der Waals surface area contributed by atoms with E-state index in [4.69, 9.17) is 9.15 Å². The van der Waals surface area contributed by atoms with Crippen molar-refractivity contribution in [3.8, 4) is 11.5 Å². The molecular weight excluding hydrogens is 394 g/mol. The van der Waals surface area contributed by atoms with Gasteiger partial charge in [-0.15, -0.1) is 0 Å². The molecular formula is C22H14F2N2O4. The number of pyridine rings is 1. The summed E-state index contributed by atoms with van der Waals surface area (Å²) in [6.07, 6.45) is 1.48. The van der Waals surface area contributed by atoms with Gasteiger partial charge >= 0.3 is 5.97 Å². The molecule has 0 atom stereocenters. The fourth-order valence-electron chi connectivity index (χ4n) is 2.90. The number of anilines is 1. The number of hydrogen-bond donors (Lipinski definition) is 1. The molecule has 0 aliphatic carbocycles. The van der Waals surface area contributed by atoms with Crippen LogP contribution in [0.15, 0.2) is 71.3 Å². The van der Waals surface area contributed by atoms with Gasteiger partial charge in [0.2, 0.25) is 0 Å². The van der Waals surface area contributed by atoms with E-state index in [1.54, 1.807) is 36.4 Å². The molecule has 6 nitrogen and oxygen atoms in total. The lowest BCUT2D eigenvalue weighted by molar-refractivity contribution is -0.119. The summed E-state index contributed by atoms with van der Waals surface area (Å²) in [5.74, 6) is -3.07. The average Bonchev–Trinajstić information content (AvgIpc) is 3.29. The number of para-hydroxylation sites is 2. The Morgan fingerprint density at radius 3 is 2.50 bits per heavy atom. The van der Waals surface area contributed by atoms with Crippen LogP contribution in [-0.4, -0.2) is 23.5 Å². The van der Waals surface area contributed by atoms with Crippen LogP contribution in [0.5, 0.6) is 0 Å². The van der Waals surface area contributed by atoms with Crippen LogP contribution in [-0.2, 0) is 9.53 Å². The van der Waals surface area contributed by atoms with Crippen LogP contribution in [0.4, 0.5) is 14.5 Å². The van der Waals surface area contributed by atoms with E-state index in [1.807, 2.05) is 0 Å². The van der Waals surface area contributed by atoms with E-state index in [0.29, 0.717) is 22.4 Å². The molecule has 1 amide bonds. The molecule has 150 valence electrons. The van der Waals surface area contributed by atoms with E-state index in [2.05, 4.69) is 10.3 Å². The molecule has 0 aliphatic heterocycles. The molecule has 0 fully saturated rings. The van der Waals surface area contributed by atoms with Crippen molar-refractivity contribution >= 4 is 28.5 Å². The average molecular weight is 408 g/mol. The molecule has 0 saturated carbocycles. The summed E-state index contributed by atoms with van der Waals surface area (Å²) >= 11 is 0. The van der Waals surface area contributed by atoms with Crippen LogP contribution < -0.4 is 5.32 Å². The lowest BCUT2D eigenvalue weighted by Gasteiger charge is -2.10. The molecule has 0 saturated heterocycles. The van der Waals surface area contributed by atoms with E-state index in [9.17, 15) is 18.4 Å². The first-order chi connectivity index (χ1) is 14.5. The fraction of sp³-hybridized carbons (Fsp3) is 0.0455. The molecule has 30 heavy (non-hydrogen) atoms. The molecule has 0 radical (unpaired) electrons. The third-order valence-electron chi connectivity index (χ3n) is 4.27. The zero-order valence-electron chi connectivity index (χ0n) is 15.4. The van der Waals surface area contributed by atoms with Gasteiger partial charge in [-0.25, -0.2) is 18.6 Å². The molecule has 2 aromatic carbocycles. The number of carbonyl (C=O) groups excluding carboxylic acids is 2. The molecule has 4 rings (SSSR count). The van der Waals surface area contributed by atoms with Gasteiger partial charge in [0.15, 0.2) is 12.4 Å². The Morgan fingerprint density at radius 2 is 1.77 bits per heavy atom. The van der Waals surface area contributed by atoms with Crippen LogP contribution in [0, 0.1) is 11.6 Å². The third kappa shape index (κ3) is 3.88. The first-order valence-corrected chi connectivity index (χ1v) is 8.87. The quantitative estimate of drug-likeness (QED) is 0.490. The van der Waals surface area contributed by atoms with E-state index in [1.165, 1.54) is 18.4 Å². The molecule has 0 unspecified atom stereocenters. The van der Waals surface area contributed by atoms with E-state index in [-0.39, 0.29) is 5.56 Å². The van der Waals surface area contributed by atoms with Crippen LogP contribution in [0.2, 0.25) is 0 Å². The minimum Gasteiger partial charge on any atom is -0.463 e. The van der Waals surface area contributed by atoms with Gasteiger partial charge in [-0.1, -0.05) is 24.3 Å². The highest BCUT2D eigenvalue weighted by atomic mass is 19.1. The maximum Gasteiger partial charge on any atom is 0.339 e. The second-order valence-corrected chi connectivity index (χ2v) is 6.27. The van der Waals surface area contributed by atoms with Crippen molar-refractivity contribution in [2.75, 3.05) is 11.9 Å². The second-order valence-electron chi connectivity index (χ2n) is 6.27. The van der Waals surface area contributed by atoms with Crippen LogP contribution in [0.1, 0.15) is 10.4 Å². The first-order valence-electron chi connectivity index (χ1n) is 8.87. The fourth-order valence-corrected chi connectivity index (χ4v) is 2.90. The van der Waals surface area contributed by atoms with Gasteiger partial charge in [-0.3, -0.25) is 4.79 Å². The number of hydrogen-bond acceptors (Lipinski definition) is 5. The monoisotopic (exact) mass is 408 g/mol. The highest BCUT2D eigenvalue weighted by Gasteiger charge is 2.18. The number of rotatable bonds is 5. The molecule has 1 N–H and O–H groups in total. The van der Waals surface area contributed by atoms with Gasteiger partial charge in [-0.05, 0) is 36.4 Å². The summed E-state index contributed by atoms with van der Waals surface area (Å²) < 4.78 is 37.7. The molecule has 0 spiro atoms. The number of carbonyl (C=O) groups is 2. The Kier molecular flexibility index (Phi) is 5.21. The second kappa shape index (κ2) is 8.12. The highest BCUT2D eigenvalue weighted by Crippen LogP contribution is 2.26. The molecule has 4 aromatic rings. The summed E-state index contributed by atoms with van der Waals surface area (Å²) in [5.41, 5.74) is 0.532. The summed E-state index contributed by atoms with van der Waals surface area (Å²) in [4.78, 5) is 29.2. The van der Waals surface area contributed by atoms with Crippen LogP contribution >= 0.6 is 0 Å². The number of benzene rings is 2. The number of nitrogens with one attached hydrogen (secondary N) is 1. The van der Waals surface area contributed by atoms with Gasteiger partial charge in [0.1, 0.15) is 23.0 Å². The highest BCUT2D eigenvalue weighted by molar-refractivity contribution is 6.05. The SMILES string of the molecule is O=C(COC(=O)c1cc(-c2ccco2)nc2ccccc12)Nc1c(F)cccc1F. The number of esters is 1. The summed E-state index contributed by atoms with van der Waals surface area (Å²) in [6.45, 7) is -0.723. The van der Waals surface area contributed by atoms with Crippen molar-refractivity contribution in [3.63, 3.8) is 0 Å². The number of ether oxygens (including phenoxy) is 1. The maximum absolute atomic E-state index is 13.6. The molecule has 0 bridgehead atoms. The zero-order chi connectivity index (χ0) is 21.1. The molecule has 8 heteroatoms. The van der Waals surface area contributed by atoms with Crippen molar-refractivity contribution in [2.24, 2.45) is 0 Å². The number of amides is 1. The normalized spacial score (nSPS) is 10.7. The van der Waals surface area contributed by atoms with Gasteiger partial charge in [0.25, 0.3) is 5.91 Å². The lowest BCUT2D eigenvalue weighted by Crippen LogP contribution is -2.22. The standard InChI is InChI=1S/C22H14F2N2O4/c23-15-6-3-7-16(24)21(15)26-20(27)12-30-22(28)14-11-18(19-9-4-10-29-19)25-17-8-2-1-5-13(14)17/h1-11H,12H2,(H,26,27). The Hall–Kier alpha value is -4.07. The number of aromatic nitrogens is 1. The van der Waals surface area contributed by atoms with Crippen molar-refractivity contribution in [1.82, 2.24) is 4.98 Å². The predicted octanol–water partition coefficient (Wildman–Crippen LogP) is 4.57. The topological polar surface area (TPSA) is 81.4 Å². The van der Waals surface area contributed by atoms with Crippen molar-refractivity contribution in [1.29, 1.82) is 0 Å². The summed E-state index contributed by atoms with van der Waals surface area (Å²) in [7, 11) is 0. The Bertz CT molecular complexity index is 1220. The predicted molar refractivity (Wildman–Crippen MR) is 105 cm³/mol. The van der Waals surface area contributed by atoms with E-state index < -0.39 is 35.8 Å². The van der Waals surface area contributed by atoms with Gasteiger partial charge < -0.3 is 14.5 Å². The van der Waals surface area contributed by atoms with Crippen molar-refractivity contribution in [2.45, 2.75) is 0 Å². The Morgan fingerprint density at radius 1 is 1.00 bits per heavy atom. The molecule has 2 aromatic heterocycles. The van der Waals surface area contributed by atoms with E-state index >= 15 is 0 Å². The smallest absolute Gasteiger partial charge is 0.339 e. The van der Waals surface area contributed by atoms with Crippen LogP contribution in [0.3, 0.4) is 0 Å². The van der Waals surface area contributed by atoms with Gasteiger partial charge in [-0.2, -0.15) is 0 Å². The van der Waals surface area contributed by atoms with Crippen molar-refractivity contribution < 1.29 is 27.5 Å². The number of halogens is 2. The first kappa shape index (κ1) is 19.3. The van der Waals surface area contributed by atoms with Gasteiger partial charge in [0.05, 0.1) is 17.3 Å². The number of furan rings is 1. The summed E-state index contributed by atoms with van der Waals surface area (Å²) in [6, 6.07) is 15.0. The van der Waals surface area contributed by atoms with E-state index in [0.717, 1.165) is 12.1 Å². The minimum atomic E-state index is -0.933. The Labute approximate surface area is 169 Å². The third-order valence-corrected chi connectivity index (χ3v) is 4.27. The Balaban J connectivity index is 1.55. The number of nitrogens with zero attached hydrogens (tertiary/aromatic N) is 1.